The van der Waals surface area contributed by atoms with E-state index in [9.17, 15) is 19.8 Å². The third-order valence-corrected chi connectivity index (χ3v) is 4.47. The molecule has 0 amide bonds. The Kier molecular flexibility index (Phi) is 8.73. The fourth-order valence-electron chi connectivity index (χ4n) is 2.84. The van der Waals surface area contributed by atoms with E-state index in [1.807, 2.05) is 0 Å². The second kappa shape index (κ2) is 11.5. The molecule has 0 bridgehead atoms. The minimum absolute atomic E-state index is 0.114. The molecule has 2 aromatic carbocycles. The summed E-state index contributed by atoms with van der Waals surface area (Å²) in [5.41, 5.74) is 2.63. The van der Waals surface area contributed by atoms with Crippen LogP contribution in [-0.4, -0.2) is 22.2 Å². The van der Waals surface area contributed by atoms with Crippen LogP contribution >= 0.6 is 0 Å². The Labute approximate surface area is 178 Å². The number of carboxylic acids is 2. The van der Waals surface area contributed by atoms with Crippen LogP contribution in [0.1, 0.15) is 84.2 Å². The van der Waals surface area contributed by atoms with Gasteiger partial charge in [-0.15, -0.1) is 0 Å². The highest BCUT2D eigenvalue weighted by Crippen LogP contribution is 2.25. The number of unbranched alkanes of at least 4 members (excludes halogenated alkanes) is 4. The van der Waals surface area contributed by atoms with Crippen molar-refractivity contribution < 1.29 is 19.8 Å². The third kappa shape index (κ3) is 6.83. The van der Waals surface area contributed by atoms with Crippen LogP contribution < -0.4 is 0 Å². The lowest BCUT2D eigenvalue weighted by Crippen LogP contribution is -2.00. The maximum absolute atomic E-state index is 11.6. The summed E-state index contributed by atoms with van der Waals surface area (Å²) in [6.07, 6.45) is 5.54. The number of carboxylic acid groups (broad SMARTS) is 2. The van der Waals surface area contributed by atoms with Gasteiger partial charge < -0.3 is 10.2 Å². The second-order valence-corrected chi connectivity index (χ2v) is 7.02. The Morgan fingerprint density at radius 3 is 1.43 bits per heavy atom. The zero-order chi connectivity index (χ0) is 21.9. The second-order valence-electron chi connectivity index (χ2n) is 7.02. The van der Waals surface area contributed by atoms with E-state index in [1.165, 1.54) is 24.3 Å². The molecule has 4 heteroatoms. The molecule has 0 aliphatic carbocycles. The highest BCUT2D eigenvalue weighted by atomic mass is 16.4. The summed E-state index contributed by atoms with van der Waals surface area (Å²) >= 11 is 0. The van der Waals surface area contributed by atoms with Gasteiger partial charge in [0.1, 0.15) is 0 Å². The molecule has 2 rings (SSSR count). The van der Waals surface area contributed by atoms with Gasteiger partial charge in [0, 0.05) is 24.0 Å². The summed E-state index contributed by atoms with van der Waals surface area (Å²) in [5.74, 6) is 10.1. The number of aromatic carboxylic acids is 2. The fourth-order valence-corrected chi connectivity index (χ4v) is 2.84. The van der Waals surface area contributed by atoms with E-state index in [0.717, 1.165) is 38.5 Å². The van der Waals surface area contributed by atoms with Gasteiger partial charge in [-0.2, -0.15) is 0 Å². The molecule has 0 atom stereocenters. The van der Waals surface area contributed by atoms with E-state index >= 15 is 0 Å². The molecule has 0 aliphatic rings. The van der Waals surface area contributed by atoms with Crippen molar-refractivity contribution in [2.45, 2.75) is 52.4 Å². The number of benzene rings is 2. The molecule has 0 fully saturated rings. The molecular formula is C26H26O4. The number of rotatable bonds is 7. The summed E-state index contributed by atoms with van der Waals surface area (Å²) in [7, 11) is 0. The Morgan fingerprint density at radius 1 is 0.700 bits per heavy atom. The summed E-state index contributed by atoms with van der Waals surface area (Å²) in [6, 6.07) is 9.74. The minimum Gasteiger partial charge on any atom is -0.478 e. The van der Waals surface area contributed by atoms with Crippen molar-refractivity contribution in [1.29, 1.82) is 0 Å². The monoisotopic (exact) mass is 402 g/mol. The van der Waals surface area contributed by atoms with Gasteiger partial charge >= 0.3 is 11.9 Å². The van der Waals surface area contributed by atoms with Crippen LogP contribution in [0.25, 0.3) is 11.1 Å². The Balaban J connectivity index is 2.53. The molecule has 0 spiro atoms. The SMILES string of the molecule is CCCCC#Cc1cc(C(=O)O)cc(-c2cc(C#CCCCC)cc(C(=O)O)c2)c1. The largest absolute Gasteiger partial charge is 0.478 e. The lowest BCUT2D eigenvalue weighted by molar-refractivity contribution is 0.0686. The number of hydrogen-bond donors (Lipinski definition) is 2. The first-order chi connectivity index (χ1) is 14.4. The highest BCUT2D eigenvalue weighted by Gasteiger charge is 2.11. The zero-order valence-corrected chi connectivity index (χ0v) is 17.4. The third-order valence-electron chi connectivity index (χ3n) is 4.47. The molecule has 0 radical (unpaired) electrons. The molecule has 0 saturated heterocycles. The topological polar surface area (TPSA) is 74.6 Å². The van der Waals surface area contributed by atoms with Crippen molar-refractivity contribution in [3.63, 3.8) is 0 Å². The van der Waals surface area contributed by atoms with Crippen LogP contribution in [0.5, 0.6) is 0 Å². The van der Waals surface area contributed by atoms with Gasteiger partial charge in [-0.3, -0.25) is 0 Å². The first-order valence-electron chi connectivity index (χ1n) is 10.2. The van der Waals surface area contributed by atoms with E-state index in [-0.39, 0.29) is 11.1 Å². The number of hydrogen-bond acceptors (Lipinski definition) is 2. The Bertz CT molecular complexity index is 957. The van der Waals surface area contributed by atoms with Gasteiger partial charge in [-0.25, -0.2) is 9.59 Å². The van der Waals surface area contributed by atoms with Gasteiger partial charge in [0.05, 0.1) is 11.1 Å². The normalized spacial score (nSPS) is 9.80. The van der Waals surface area contributed by atoms with Crippen molar-refractivity contribution in [2.75, 3.05) is 0 Å². The van der Waals surface area contributed by atoms with Crippen LogP contribution in [0.3, 0.4) is 0 Å². The molecule has 0 heterocycles. The van der Waals surface area contributed by atoms with Crippen molar-refractivity contribution in [3.8, 4) is 34.8 Å². The fraction of sp³-hybridized carbons (Fsp3) is 0.308. The smallest absolute Gasteiger partial charge is 0.335 e. The van der Waals surface area contributed by atoms with Crippen molar-refractivity contribution in [3.05, 3.63) is 58.7 Å². The lowest BCUT2D eigenvalue weighted by atomic mass is 9.96. The molecule has 0 unspecified atom stereocenters. The summed E-state index contributed by atoms with van der Waals surface area (Å²) < 4.78 is 0. The molecular weight excluding hydrogens is 376 g/mol. The Morgan fingerprint density at radius 2 is 1.10 bits per heavy atom. The molecule has 154 valence electrons. The lowest BCUT2D eigenvalue weighted by Gasteiger charge is -2.08. The van der Waals surface area contributed by atoms with E-state index < -0.39 is 11.9 Å². The summed E-state index contributed by atoms with van der Waals surface area (Å²) in [5, 5.41) is 19.0. The van der Waals surface area contributed by atoms with Gasteiger partial charge in [-0.05, 0) is 60.4 Å². The highest BCUT2D eigenvalue weighted by molar-refractivity contribution is 5.92. The molecule has 4 nitrogen and oxygen atoms in total. The molecule has 2 N–H and O–H groups in total. The van der Waals surface area contributed by atoms with Crippen LogP contribution in [0.4, 0.5) is 0 Å². The van der Waals surface area contributed by atoms with Crippen LogP contribution in [-0.2, 0) is 0 Å². The first-order valence-corrected chi connectivity index (χ1v) is 10.2. The van der Waals surface area contributed by atoms with E-state index in [0.29, 0.717) is 22.3 Å². The van der Waals surface area contributed by atoms with Crippen LogP contribution in [0.2, 0.25) is 0 Å². The maximum Gasteiger partial charge on any atom is 0.335 e. The van der Waals surface area contributed by atoms with Crippen LogP contribution in [0, 0.1) is 23.7 Å². The molecule has 0 saturated carbocycles. The first kappa shape index (κ1) is 22.8. The average Bonchev–Trinajstić information content (AvgIpc) is 2.74. The zero-order valence-electron chi connectivity index (χ0n) is 17.4. The molecule has 0 aromatic heterocycles. The van der Waals surface area contributed by atoms with Gasteiger partial charge in [0.2, 0.25) is 0 Å². The van der Waals surface area contributed by atoms with E-state index in [4.69, 9.17) is 0 Å². The van der Waals surface area contributed by atoms with Gasteiger partial charge in [0.15, 0.2) is 0 Å². The minimum atomic E-state index is -1.05. The number of carbonyl (C=O) groups is 2. The van der Waals surface area contributed by atoms with Crippen molar-refractivity contribution >= 4 is 11.9 Å². The van der Waals surface area contributed by atoms with E-state index in [1.54, 1.807) is 12.1 Å². The Hall–Kier alpha value is -3.50. The molecule has 30 heavy (non-hydrogen) atoms. The quantitative estimate of drug-likeness (QED) is 0.451. The average molecular weight is 402 g/mol. The summed E-state index contributed by atoms with van der Waals surface area (Å²) in [6.45, 7) is 4.17. The summed E-state index contributed by atoms with van der Waals surface area (Å²) in [4.78, 5) is 23.2. The standard InChI is InChI=1S/C26H26O4/c1-3-5-7-9-11-19-13-21(17-23(15-19)25(27)28)22-14-20(12-10-8-6-4-2)16-24(18-22)26(29)30/h13-18H,3-8H2,1-2H3,(H,27,28)(H,29,30). The predicted molar refractivity (Wildman–Crippen MR) is 119 cm³/mol. The predicted octanol–water partition coefficient (Wildman–Crippen LogP) is 5.83. The van der Waals surface area contributed by atoms with Crippen LogP contribution in [0.15, 0.2) is 36.4 Å². The van der Waals surface area contributed by atoms with Gasteiger partial charge in [-0.1, -0.05) is 50.4 Å². The molecule has 2 aromatic rings. The van der Waals surface area contributed by atoms with Gasteiger partial charge in [0.25, 0.3) is 0 Å². The van der Waals surface area contributed by atoms with Crippen molar-refractivity contribution in [1.82, 2.24) is 0 Å². The maximum atomic E-state index is 11.6. The van der Waals surface area contributed by atoms with E-state index in [2.05, 4.69) is 37.5 Å². The molecule has 0 aliphatic heterocycles. The van der Waals surface area contributed by atoms with Crippen molar-refractivity contribution in [2.24, 2.45) is 0 Å².